The van der Waals surface area contributed by atoms with Crippen molar-refractivity contribution < 1.29 is 0 Å². The third kappa shape index (κ3) is 4.34. The van der Waals surface area contributed by atoms with Crippen LogP contribution in [0.3, 0.4) is 0 Å². The average Bonchev–Trinajstić information content (AvgIpc) is 3.70. The minimum absolute atomic E-state index is 0.227. The van der Waals surface area contributed by atoms with Crippen LogP contribution in [0.5, 0.6) is 0 Å². The molecule has 1 N–H and O–H groups in total. The molecule has 0 amide bonds. The van der Waals surface area contributed by atoms with Gasteiger partial charge in [-0.05, 0) is 82.2 Å². The largest absolute Gasteiger partial charge is 0.366 e. The first-order valence-corrected chi connectivity index (χ1v) is 15.7. The molecule has 0 spiro atoms. The third-order valence-corrected chi connectivity index (χ3v) is 9.11. The fraction of sp³-hybridized carbons (Fsp3) is 0.0238. The van der Waals surface area contributed by atoms with E-state index >= 15 is 0 Å². The summed E-state index contributed by atoms with van der Waals surface area (Å²) in [6, 6.07) is 49.7. The predicted molar refractivity (Wildman–Crippen MR) is 194 cm³/mol. The van der Waals surface area contributed by atoms with Crippen molar-refractivity contribution in [3.8, 4) is 16.8 Å². The van der Waals surface area contributed by atoms with Crippen molar-refractivity contribution in [2.24, 2.45) is 4.99 Å². The number of nitrogens with zero attached hydrogens (tertiary/aromatic N) is 3. The molecule has 6 aromatic carbocycles. The molecular weight excluding hydrogens is 560 g/mol. The molecule has 1 atom stereocenters. The van der Waals surface area contributed by atoms with E-state index in [0.29, 0.717) is 0 Å². The topological polar surface area (TPSA) is 34.2 Å². The first kappa shape index (κ1) is 26.3. The van der Waals surface area contributed by atoms with Crippen LogP contribution in [0.2, 0.25) is 0 Å². The third-order valence-electron chi connectivity index (χ3n) is 9.11. The van der Waals surface area contributed by atoms with Crippen LogP contribution < -0.4 is 5.32 Å². The zero-order chi connectivity index (χ0) is 30.5. The molecule has 2 aromatic heterocycles. The van der Waals surface area contributed by atoms with Crippen LogP contribution in [0.15, 0.2) is 169 Å². The highest BCUT2D eigenvalue weighted by Crippen LogP contribution is 2.35. The summed E-state index contributed by atoms with van der Waals surface area (Å²) in [7, 11) is 0. The normalized spacial score (nSPS) is 14.9. The summed E-state index contributed by atoms with van der Waals surface area (Å²) in [5.41, 5.74) is 9.36. The van der Waals surface area contributed by atoms with Gasteiger partial charge < -0.3 is 9.88 Å². The highest BCUT2D eigenvalue weighted by molar-refractivity contribution is 6.20. The van der Waals surface area contributed by atoms with Gasteiger partial charge in [-0.2, -0.15) is 0 Å². The van der Waals surface area contributed by atoms with E-state index in [1.54, 1.807) is 0 Å². The van der Waals surface area contributed by atoms with Gasteiger partial charge in [0.05, 0.1) is 22.9 Å². The number of nitrogens with one attached hydrogen (secondary N) is 1. The maximum atomic E-state index is 5.19. The maximum Gasteiger partial charge on any atom is 0.146 e. The van der Waals surface area contributed by atoms with E-state index in [1.807, 2.05) is 12.5 Å². The van der Waals surface area contributed by atoms with Gasteiger partial charge in [0, 0.05) is 33.6 Å². The number of dihydropyridines is 1. The molecule has 0 bridgehead atoms. The lowest BCUT2D eigenvalue weighted by molar-refractivity contribution is 0.747. The van der Waals surface area contributed by atoms with Crippen molar-refractivity contribution >= 4 is 55.4 Å². The zero-order valence-electron chi connectivity index (χ0n) is 25.1. The number of benzene rings is 6. The molecule has 218 valence electrons. The Hall–Kier alpha value is -6.13. The number of fused-ring (bicyclic) bond motifs is 6. The zero-order valence-corrected chi connectivity index (χ0v) is 25.1. The number of aromatic nitrogens is 2. The molecule has 3 heterocycles. The van der Waals surface area contributed by atoms with E-state index < -0.39 is 0 Å². The molecule has 0 saturated carbocycles. The van der Waals surface area contributed by atoms with Crippen molar-refractivity contribution in [3.05, 3.63) is 170 Å². The van der Waals surface area contributed by atoms with Gasteiger partial charge in [-0.3, -0.25) is 4.57 Å². The standard InChI is InChI=1S/C42H30N4/c1-3-10-29(11-4-1)30-17-18-32-27-33(20-19-31(32)26-30)35-15-9-24-43-42(35)44-28-46-39-16-8-7-14-36(39)37-21-22-40-38(41(37)46)23-25-45(40)34-12-5-2-6-13-34/h1-28,42-43H. The Balaban J connectivity index is 1.12. The first-order chi connectivity index (χ1) is 22.8. The molecule has 1 aliphatic rings. The van der Waals surface area contributed by atoms with Crippen LogP contribution in [0, 0.1) is 0 Å². The lowest BCUT2D eigenvalue weighted by Gasteiger charge is -2.20. The van der Waals surface area contributed by atoms with E-state index in [9.17, 15) is 0 Å². The van der Waals surface area contributed by atoms with Crippen molar-refractivity contribution in [1.82, 2.24) is 14.5 Å². The van der Waals surface area contributed by atoms with Crippen LogP contribution >= 0.6 is 0 Å². The molecule has 4 nitrogen and oxygen atoms in total. The Labute approximate surface area is 266 Å². The molecule has 1 unspecified atom stereocenters. The second-order valence-electron chi connectivity index (χ2n) is 11.8. The minimum Gasteiger partial charge on any atom is -0.366 e. The minimum atomic E-state index is -0.227. The summed E-state index contributed by atoms with van der Waals surface area (Å²) in [6.45, 7) is 0. The van der Waals surface area contributed by atoms with Crippen LogP contribution in [-0.4, -0.2) is 21.6 Å². The number of allylic oxidation sites excluding steroid dienone is 2. The van der Waals surface area contributed by atoms with Crippen molar-refractivity contribution in [2.75, 3.05) is 0 Å². The fourth-order valence-electron chi connectivity index (χ4n) is 6.87. The molecule has 0 radical (unpaired) electrons. The summed E-state index contributed by atoms with van der Waals surface area (Å²) >= 11 is 0. The summed E-state index contributed by atoms with van der Waals surface area (Å²) < 4.78 is 4.51. The van der Waals surface area contributed by atoms with Gasteiger partial charge in [-0.25, -0.2) is 4.99 Å². The molecule has 0 fully saturated rings. The molecule has 8 aromatic rings. The van der Waals surface area contributed by atoms with Crippen molar-refractivity contribution in [1.29, 1.82) is 0 Å². The van der Waals surface area contributed by atoms with E-state index in [0.717, 1.165) is 27.9 Å². The average molecular weight is 591 g/mol. The molecule has 4 heteroatoms. The number of hydrogen-bond acceptors (Lipinski definition) is 2. The fourth-order valence-corrected chi connectivity index (χ4v) is 6.87. The molecule has 9 rings (SSSR count). The number of aliphatic imine (C=N–C) groups is 1. The van der Waals surface area contributed by atoms with Crippen LogP contribution in [0.4, 0.5) is 0 Å². The Kier molecular flexibility index (Phi) is 6.17. The van der Waals surface area contributed by atoms with Gasteiger partial charge in [0.2, 0.25) is 0 Å². The Morgan fingerprint density at radius 1 is 0.587 bits per heavy atom. The van der Waals surface area contributed by atoms with Crippen LogP contribution in [0.1, 0.15) is 5.56 Å². The Morgan fingerprint density at radius 2 is 1.33 bits per heavy atom. The summed E-state index contributed by atoms with van der Waals surface area (Å²) in [5, 5.41) is 9.57. The number of hydrogen-bond donors (Lipinski definition) is 1. The summed E-state index contributed by atoms with van der Waals surface area (Å²) in [6.07, 6.45) is 10.1. The first-order valence-electron chi connectivity index (χ1n) is 15.7. The van der Waals surface area contributed by atoms with Gasteiger partial charge in [-0.15, -0.1) is 0 Å². The van der Waals surface area contributed by atoms with Gasteiger partial charge >= 0.3 is 0 Å². The SMILES string of the molecule is C1=CNC(N=Cn2c3ccccc3c3ccc4c(ccn4-c4ccccc4)c32)C(c2ccc3cc(-c4ccccc4)ccc3c2)=C1. The highest BCUT2D eigenvalue weighted by Gasteiger charge is 2.18. The number of rotatable bonds is 5. The van der Waals surface area contributed by atoms with Crippen molar-refractivity contribution in [3.63, 3.8) is 0 Å². The summed E-state index contributed by atoms with van der Waals surface area (Å²) in [5.74, 6) is 0. The van der Waals surface area contributed by atoms with Crippen molar-refractivity contribution in [2.45, 2.75) is 6.17 Å². The quantitative estimate of drug-likeness (QED) is 0.157. The highest BCUT2D eigenvalue weighted by atomic mass is 15.1. The van der Waals surface area contributed by atoms with Crippen LogP contribution in [0.25, 0.3) is 65.9 Å². The smallest absolute Gasteiger partial charge is 0.146 e. The maximum absolute atomic E-state index is 5.19. The van der Waals surface area contributed by atoms with E-state index in [2.05, 4.69) is 172 Å². The van der Waals surface area contributed by atoms with E-state index in [1.165, 1.54) is 43.6 Å². The Bertz CT molecular complexity index is 2490. The van der Waals surface area contributed by atoms with Gasteiger partial charge in [0.25, 0.3) is 0 Å². The Morgan fingerprint density at radius 3 is 2.17 bits per heavy atom. The number of para-hydroxylation sites is 2. The predicted octanol–water partition coefficient (Wildman–Crippen LogP) is 9.96. The van der Waals surface area contributed by atoms with Gasteiger partial charge in [0.15, 0.2) is 0 Å². The monoisotopic (exact) mass is 590 g/mol. The summed E-state index contributed by atoms with van der Waals surface area (Å²) in [4.78, 5) is 5.19. The van der Waals surface area contributed by atoms with E-state index in [4.69, 9.17) is 4.99 Å². The van der Waals surface area contributed by atoms with Gasteiger partial charge in [0.1, 0.15) is 6.17 Å². The van der Waals surface area contributed by atoms with Crippen LogP contribution in [-0.2, 0) is 0 Å². The van der Waals surface area contributed by atoms with E-state index in [-0.39, 0.29) is 6.17 Å². The molecule has 0 aliphatic carbocycles. The molecule has 0 saturated heterocycles. The lowest BCUT2D eigenvalue weighted by Crippen LogP contribution is -2.26. The second kappa shape index (κ2) is 10.8. The molecular formula is C42H30N4. The van der Waals surface area contributed by atoms with Gasteiger partial charge in [-0.1, -0.05) is 103 Å². The molecule has 46 heavy (non-hydrogen) atoms. The lowest BCUT2D eigenvalue weighted by atomic mass is 9.96. The molecule has 1 aliphatic heterocycles. The second-order valence-corrected chi connectivity index (χ2v) is 11.8.